The molecule has 0 saturated heterocycles. The van der Waals surface area contributed by atoms with Gasteiger partial charge in [-0.15, -0.1) is 10.2 Å². The SMILES string of the molecule is NCC(C(=O)N1CCn2cnnc2C1)c1ccccc1. The smallest absolute Gasteiger partial charge is 0.231 e. The molecular formula is C14H17N5O. The summed E-state index contributed by atoms with van der Waals surface area (Å²) in [6.45, 7) is 2.22. The summed E-state index contributed by atoms with van der Waals surface area (Å²) in [5.74, 6) is 0.604. The average Bonchev–Trinajstić information content (AvgIpc) is 2.96. The summed E-state index contributed by atoms with van der Waals surface area (Å²) in [6, 6.07) is 9.69. The van der Waals surface area contributed by atoms with E-state index in [9.17, 15) is 4.79 Å². The van der Waals surface area contributed by atoms with Gasteiger partial charge in [-0.2, -0.15) is 0 Å². The lowest BCUT2D eigenvalue weighted by molar-refractivity contribution is -0.134. The zero-order valence-electron chi connectivity index (χ0n) is 11.1. The Morgan fingerprint density at radius 3 is 2.85 bits per heavy atom. The predicted octanol–water partition coefficient (Wildman–Crippen LogP) is 0.363. The van der Waals surface area contributed by atoms with E-state index >= 15 is 0 Å². The molecule has 0 saturated carbocycles. The Hall–Kier alpha value is -2.21. The normalized spacial score (nSPS) is 15.8. The first-order valence-corrected chi connectivity index (χ1v) is 6.70. The second-order valence-corrected chi connectivity index (χ2v) is 4.90. The van der Waals surface area contributed by atoms with Crippen molar-refractivity contribution in [3.63, 3.8) is 0 Å². The van der Waals surface area contributed by atoms with E-state index in [4.69, 9.17) is 5.73 Å². The van der Waals surface area contributed by atoms with Crippen LogP contribution in [0.25, 0.3) is 0 Å². The van der Waals surface area contributed by atoms with Crippen molar-refractivity contribution in [3.8, 4) is 0 Å². The van der Waals surface area contributed by atoms with Crippen molar-refractivity contribution in [2.24, 2.45) is 5.73 Å². The molecule has 1 aliphatic rings. The highest BCUT2D eigenvalue weighted by molar-refractivity contribution is 5.84. The monoisotopic (exact) mass is 271 g/mol. The summed E-state index contributed by atoms with van der Waals surface area (Å²) in [5, 5.41) is 7.91. The van der Waals surface area contributed by atoms with Crippen LogP contribution < -0.4 is 5.73 Å². The van der Waals surface area contributed by atoms with Gasteiger partial charge in [0.05, 0.1) is 12.5 Å². The van der Waals surface area contributed by atoms with Gasteiger partial charge in [0.25, 0.3) is 0 Å². The summed E-state index contributed by atoms with van der Waals surface area (Å²) >= 11 is 0. The second kappa shape index (κ2) is 5.42. The van der Waals surface area contributed by atoms with Crippen LogP contribution in [-0.2, 0) is 17.9 Å². The van der Waals surface area contributed by atoms with E-state index in [1.165, 1.54) is 0 Å². The number of aromatic nitrogens is 3. The zero-order chi connectivity index (χ0) is 13.9. The molecule has 0 radical (unpaired) electrons. The number of carbonyl (C=O) groups excluding carboxylic acids is 1. The van der Waals surface area contributed by atoms with Crippen LogP contribution in [0.1, 0.15) is 17.3 Å². The van der Waals surface area contributed by atoms with Crippen molar-refractivity contribution in [2.75, 3.05) is 13.1 Å². The average molecular weight is 271 g/mol. The molecule has 6 nitrogen and oxygen atoms in total. The molecule has 1 atom stereocenters. The van der Waals surface area contributed by atoms with Crippen LogP contribution >= 0.6 is 0 Å². The van der Waals surface area contributed by atoms with Crippen LogP contribution in [0.3, 0.4) is 0 Å². The highest BCUT2D eigenvalue weighted by Gasteiger charge is 2.28. The largest absolute Gasteiger partial charge is 0.333 e. The maximum Gasteiger partial charge on any atom is 0.231 e. The van der Waals surface area contributed by atoms with Gasteiger partial charge in [0, 0.05) is 19.6 Å². The molecule has 3 rings (SSSR count). The first-order valence-electron chi connectivity index (χ1n) is 6.70. The van der Waals surface area contributed by atoms with E-state index in [1.54, 1.807) is 6.33 Å². The maximum atomic E-state index is 12.6. The summed E-state index contributed by atoms with van der Waals surface area (Å²) < 4.78 is 1.98. The molecule has 0 fully saturated rings. The minimum Gasteiger partial charge on any atom is -0.333 e. The van der Waals surface area contributed by atoms with E-state index in [1.807, 2.05) is 39.8 Å². The van der Waals surface area contributed by atoms with Gasteiger partial charge in [-0.25, -0.2) is 0 Å². The number of benzene rings is 1. The number of fused-ring (bicyclic) bond motifs is 1. The number of nitrogens with zero attached hydrogens (tertiary/aromatic N) is 4. The van der Waals surface area contributed by atoms with Gasteiger partial charge in [-0.05, 0) is 5.56 Å². The number of amides is 1. The Bertz CT molecular complexity index is 595. The molecule has 1 aromatic carbocycles. The highest BCUT2D eigenvalue weighted by atomic mass is 16.2. The van der Waals surface area contributed by atoms with Crippen LogP contribution in [0.4, 0.5) is 0 Å². The van der Waals surface area contributed by atoms with Gasteiger partial charge in [-0.1, -0.05) is 30.3 Å². The first kappa shape index (κ1) is 12.8. The fraction of sp³-hybridized carbons (Fsp3) is 0.357. The molecule has 0 aliphatic carbocycles. The number of hydrogen-bond acceptors (Lipinski definition) is 4. The molecule has 6 heteroatoms. The lowest BCUT2D eigenvalue weighted by Gasteiger charge is -2.30. The number of hydrogen-bond donors (Lipinski definition) is 1. The fourth-order valence-electron chi connectivity index (χ4n) is 2.54. The van der Waals surface area contributed by atoms with Crippen molar-refractivity contribution in [2.45, 2.75) is 19.0 Å². The third-order valence-corrected chi connectivity index (χ3v) is 3.69. The number of nitrogens with two attached hydrogens (primary N) is 1. The van der Waals surface area contributed by atoms with E-state index < -0.39 is 0 Å². The number of carbonyl (C=O) groups is 1. The molecule has 1 amide bonds. The van der Waals surface area contributed by atoms with E-state index in [0.717, 1.165) is 17.9 Å². The fourth-order valence-corrected chi connectivity index (χ4v) is 2.54. The maximum absolute atomic E-state index is 12.6. The Kier molecular flexibility index (Phi) is 3.47. The second-order valence-electron chi connectivity index (χ2n) is 4.90. The van der Waals surface area contributed by atoms with Crippen molar-refractivity contribution < 1.29 is 4.79 Å². The molecule has 104 valence electrons. The summed E-state index contributed by atoms with van der Waals surface area (Å²) in [4.78, 5) is 14.5. The lowest BCUT2D eigenvalue weighted by Crippen LogP contribution is -2.42. The summed E-state index contributed by atoms with van der Waals surface area (Å²) in [5.41, 5.74) is 6.77. The van der Waals surface area contributed by atoms with Gasteiger partial charge >= 0.3 is 0 Å². The van der Waals surface area contributed by atoms with Gasteiger partial charge in [-0.3, -0.25) is 4.79 Å². The Morgan fingerprint density at radius 2 is 2.10 bits per heavy atom. The van der Waals surface area contributed by atoms with Crippen LogP contribution in [0.15, 0.2) is 36.7 Å². The van der Waals surface area contributed by atoms with Crippen molar-refractivity contribution in [3.05, 3.63) is 48.0 Å². The molecule has 2 aromatic rings. The Morgan fingerprint density at radius 1 is 1.30 bits per heavy atom. The Balaban J connectivity index is 1.78. The molecular weight excluding hydrogens is 254 g/mol. The molecule has 2 N–H and O–H groups in total. The number of rotatable bonds is 3. The molecule has 0 spiro atoms. The minimum absolute atomic E-state index is 0.0629. The van der Waals surface area contributed by atoms with E-state index in [0.29, 0.717) is 19.6 Å². The standard InChI is InChI=1S/C14H17N5O/c15-8-12(11-4-2-1-3-5-11)14(20)18-6-7-19-10-16-17-13(19)9-18/h1-5,10,12H,6-9,15H2. The van der Waals surface area contributed by atoms with Crippen molar-refractivity contribution >= 4 is 5.91 Å². The third kappa shape index (κ3) is 2.30. The summed E-state index contributed by atoms with van der Waals surface area (Å²) in [6.07, 6.45) is 1.70. The quantitative estimate of drug-likeness (QED) is 0.874. The Labute approximate surface area is 117 Å². The van der Waals surface area contributed by atoms with Crippen molar-refractivity contribution in [1.29, 1.82) is 0 Å². The van der Waals surface area contributed by atoms with Crippen LogP contribution in [0.2, 0.25) is 0 Å². The van der Waals surface area contributed by atoms with Gasteiger partial charge < -0.3 is 15.2 Å². The molecule has 1 unspecified atom stereocenters. The first-order chi connectivity index (χ1) is 9.79. The molecule has 20 heavy (non-hydrogen) atoms. The van der Waals surface area contributed by atoms with Crippen LogP contribution in [0, 0.1) is 0 Å². The van der Waals surface area contributed by atoms with Crippen LogP contribution in [-0.4, -0.2) is 38.7 Å². The predicted molar refractivity (Wildman–Crippen MR) is 73.7 cm³/mol. The minimum atomic E-state index is -0.286. The van der Waals surface area contributed by atoms with Crippen molar-refractivity contribution in [1.82, 2.24) is 19.7 Å². The summed E-state index contributed by atoms with van der Waals surface area (Å²) in [7, 11) is 0. The van der Waals surface area contributed by atoms with Crippen LogP contribution in [0.5, 0.6) is 0 Å². The van der Waals surface area contributed by atoms with Gasteiger partial charge in [0.15, 0.2) is 5.82 Å². The molecule has 0 bridgehead atoms. The topological polar surface area (TPSA) is 77.0 Å². The third-order valence-electron chi connectivity index (χ3n) is 3.69. The van der Waals surface area contributed by atoms with Gasteiger partial charge in [0.1, 0.15) is 6.33 Å². The molecule has 1 aromatic heterocycles. The zero-order valence-corrected chi connectivity index (χ0v) is 11.1. The lowest BCUT2D eigenvalue weighted by atomic mass is 9.97. The van der Waals surface area contributed by atoms with E-state index in [-0.39, 0.29) is 11.8 Å². The molecule has 1 aliphatic heterocycles. The highest BCUT2D eigenvalue weighted by Crippen LogP contribution is 2.20. The molecule has 2 heterocycles. The van der Waals surface area contributed by atoms with Gasteiger partial charge in [0.2, 0.25) is 5.91 Å². The van der Waals surface area contributed by atoms with E-state index in [2.05, 4.69) is 10.2 Å².